The summed E-state index contributed by atoms with van der Waals surface area (Å²) in [7, 11) is 0. The van der Waals surface area contributed by atoms with Crippen molar-refractivity contribution in [2.75, 3.05) is 25.0 Å². The number of nitrogens with one attached hydrogen (secondary N) is 2. The van der Waals surface area contributed by atoms with E-state index < -0.39 is 6.04 Å². The fraction of sp³-hybridized carbons (Fsp3) is 0.429. The van der Waals surface area contributed by atoms with Gasteiger partial charge in [0, 0.05) is 30.9 Å². The van der Waals surface area contributed by atoms with E-state index in [1.807, 2.05) is 18.2 Å². The van der Waals surface area contributed by atoms with Gasteiger partial charge in [-0.1, -0.05) is 0 Å². The minimum Gasteiger partial charge on any atom is -0.384 e. The van der Waals surface area contributed by atoms with Crippen LogP contribution < -0.4 is 10.6 Å². The summed E-state index contributed by atoms with van der Waals surface area (Å²) in [6, 6.07) is 5.33. The molecule has 0 aliphatic carbocycles. The average Bonchev–Trinajstić information content (AvgIpc) is 2.88. The van der Waals surface area contributed by atoms with Gasteiger partial charge < -0.3 is 15.5 Å². The summed E-state index contributed by atoms with van der Waals surface area (Å²) in [5, 5.41) is 6.04. The molecule has 0 saturated carbocycles. The molecule has 1 fully saturated rings. The molecule has 0 spiro atoms. The minimum absolute atomic E-state index is 0.0583. The second-order valence-electron chi connectivity index (χ2n) is 5.01. The maximum atomic E-state index is 12.5. The van der Waals surface area contributed by atoms with Gasteiger partial charge in [0.05, 0.1) is 0 Å². The highest BCUT2D eigenvalue weighted by molar-refractivity contribution is 5.98. The molecule has 1 atom stereocenters. The van der Waals surface area contributed by atoms with Crippen LogP contribution >= 0.6 is 0 Å². The number of amides is 2. The molecule has 1 saturated heterocycles. The largest absolute Gasteiger partial charge is 0.384 e. The van der Waals surface area contributed by atoms with Crippen molar-refractivity contribution in [3.8, 4) is 0 Å². The molecule has 1 unspecified atom stereocenters. The van der Waals surface area contributed by atoms with Crippen molar-refractivity contribution in [2.24, 2.45) is 0 Å². The molecular weight excluding hydrogens is 242 g/mol. The average molecular weight is 259 g/mol. The number of benzene rings is 1. The van der Waals surface area contributed by atoms with Crippen LogP contribution in [0.5, 0.6) is 0 Å². The molecule has 2 amide bonds. The number of hydrogen-bond acceptors (Lipinski definition) is 3. The van der Waals surface area contributed by atoms with Gasteiger partial charge in [-0.25, -0.2) is 0 Å². The quantitative estimate of drug-likeness (QED) is 0.777. The summed E-state index contributed by atoms with van der Waals surface area (Å²) in [5.41, 5.74) is 2.96. The summed E-state index contributed by atoms with van der Waals surface area (Å²) in [6.45, 7) is 3.79. The van der Waals surface area contributed by atoms with Crippen LogP contribution in [0.4, 0.5) is 5.69 Å². The topological polar surface area (TPSA) is 61.4 Å². The Morgan fingerprint density at radius 1 is 1.32 bits per heavy atom. The zero-order chi connectivity index (χ0) is 13.4. The molecule has 3 rings (SSSR count). The zero-order valence-electron chi connectivity index (χ0n) is 10.9. The molecule has 0 bridgehead atoms. The molecule has 1 aromatic carbocycles. The van der Waals surface area contributed by atoms with Crippen molar-refractivity contribution in [3.05, 3.63) is 29.3 Å². The number of hydrogen-bond donors (Lipinski definition) is 2. The van der Waals surface area contributed by atoms with E-state index in [1.54, 1.807) is 11.8 Å². The van der Waals surface area contributed by atoms with Crippen molar-refractivity contribution < 1.29 is 9.59 Å². The van der Waals surface area contributed by atoms with Crippen molar-refractivity contribution >= 4 is 17.5 Å². The van der Waals surface area contributed by atoms with E-state index in [4.69, 9.17) is 0 Å². The summed E-state index contributed by atoms with van der Waals surface area (Å²) >= 11 is 0. The molecule has 2 N–H and O–H groups in total. The first-order chi connectivity index (χ1) is 9.16. The van der Waals surface area contributed by atoms with E-state index >= 15 is 0 Å². The number of piperazine rings is 1. The Hall–Kier alpha value is -2.04. The van der Waals surface area contributed by atoms with E-state index in [1.165, 1.54) is 5.56 Å². The lowest BCUT2D eigenvalue weighted by Crippen LogP contribution is -2.55. The molecule has 2 heterocycles. The van der Waals surface area contributed by atoms with Crippen LogP contribution in [0, 0.1) is 0 Å². The number of carbonyl (C=O) groups is 2. The molecule has 100 valence electrons. The highest BCUT2D eigenvalue weighted by Crippen LogP contribution is 2.24. The minimum atomic E-state index is -0.396. The van der Waals surface area contributed by atoms with Gasteiger partial charge in [-0.15, -0.1) is 0 Å². The van der Waals surface area contributed by atoms with Gasteiger partial charge in [-0.3, -0.25) is 9.59 Å². The third kappa shape index (κ3) is 2.05. The smallest absolute Gasteiger partial charge is 0.254 e. The SMILES string of the molecule is CC1C(=O)NCCN1C(=O)c1ccc2c(c1)CCN2. The maximum absolute atomic E-state index is 12.5. The highest BCUT2D eigenvalue weighted by atomic mass is 16.2. The van der Waals surface area contributed by atoms with Crippen molar-refractivity contribution in [2.45, 2.75) is 19.4 Å². The molecule has 5 heteroatoms. The van der Waals surface area contributed by atoms with E-state index in [2.05, 4.69) is 10.6 Å². The first kappa shape index (κ1) is 12.0. The Balaban J connectivity index is 1.85. The monoisotopic (exact) mass is 259 g/mol. The Kier molecular flexibility index (Phi) is 2.89. The summed E-state index contributed by atoms with van der Waals surface area (Å²) in [6.07, 6.45) is 0.951. The van der Waals surface area contributed by atoms with Gasteiger partial charge in [0.25, 0.3) is 5.91 Å². The van der Waals surface area contributed by atoms with Crippen LogP contribution in [0.15, 0.2) is 18.2 Å². The third-order valence-corrected chi connectivity index (χ3v) is 3.82. The molecule has 19 heavy (non-hydrogen) atoms. The predicted octanol–water partition coefficient (Wildman–Crippen LogP) is 0.615. The third-order valence-electron chi connectivity index (χ3n) is 3.82. The van der Waals surface area contributed by atoms with Crippen molar-refractivity contribution in [1.29, 1.82) is 0 Å². The van der Waals surface area contributed by atoms with Gasteiger partial charge >= 0.3 is 0 Å². The Morgan fingerprint density at radius 3 is 3.00 bits per heavy atom. The lowest BCUT2D eigenvalue weighted by Gasteiger charge is -2.32. The van der Waals surface area contributed by atoms with Gasteiger partial charge in [-0.2, -0.15) is 0 Å². The summed E-state index contributed by atoms with van der Waals surface area (Å²) < 4.78 is 0. The summed E-state index contributed by atoms with van der Waals surface area (Å²) in [5.74, 6) is -0.139. The Morgan fingerprint density at radius 2 is 2.16 bits per heavy atom. The number of anilines is 1. The van der Waals surface area contributed by atoms with E-state index in [-0.39, 0.29) is 11.8 Å². The van der Waals surface area contributed by atoms with Gasteiger partial charge in [0.15, 0.2) is 0 Å². The maximum Gasteiger partial charge on any atom is 0.254 e. The van der Waals surface area contributed by atoms with Crippen molar-refractivity contribution in [1.82, 2.24) is 10.2 Å². The van der Waals surface area contributed by atoms with Crippen LogP contribution in [0.2, 0.25) is 0 Å². The molecule has 2 aliphatic rings. The highest BCUT2D eigenvalue weighted by Gasteiger charge is 2.30. The van der Waals surface area contributed by atoms with Crippen molar-refractivity contribution in [3.63, 3.8) is 0 Å². The van der Waals surface area contributed by atoms with Gasteiger partial charge in [0.1, 0.15) is 6.04 Å². The molecule has 5 nitrogen and oxygen atoms in total. The van der Waals surface area contributed by atoms with Crippen LogP contribution in [-0.2, 0) is 11.2 Å². The first-order valence-corrected chi connectivity index (χ1v) is 6.62. The molecular formula is C14H17N3O2. The first-order valence-electron chi connectivity index (χ1n) is 6.62. The molecule has 0 radical (unpaired) electrons. The molecule has 1 aromatic rings. The van der Waals surface area contributed by atoms with Crippen LogP contribution in [0.3, 0.4) is 0 Å². The van der Waals surface area contributed by atoms with E-state index in [0.717, 1.165) is 18.7 Å². The second kappa shape index (κ2) is 4.57. The van der Waals surface area contributed by atoms with Crippen LogP contribution in [-0.4, -0.2) is 42.4 Å². The Labute approximate surface area is 112 Å². The lowest BCUT2D eigenvalue weighted by molar-refractivity contribution is -0.127. The number of fused-ring (bicyclic) bond motifs is 1. The number of nitrogens with zero attached hydrogens (tertiary/aromatic N) is 1. The van der Waals surface area contributed by atoms with Gasteiger partial charge in [0.2, 0.25) is 5.91 Å². The molecule has 2 aliphatic heterocycles. The predicted molar refractivity (Wildman–Crippen MR) is 72.1 cm³/mol. The fourth-order valence-electron chi connectivity index (χ4n) is 2.66. The molecule has 0 aromatic heterocycles. The van der Waals surface area contributed by atoms with E-state index in [0.29, 0.717) is 18.7 Å². The number of carbonyl (C=O) groups excluding carboxylic acids is 2. The zero-order valence-corrected chi connectivity index (χ0v) is 10.9. The lowest BCUT2D eigenvalue weighted by atomic mass is 10.1. The van der Waals surface area contributed by atoms with Crippen LogP contribution in [0.25, 0.3) is 0 Å². The standard InChI is InChI=1S/C14H17N3O2/c1-9-13(18)16-6-7-17(9)14(19)11-2-3-12-10(8-11)4-5-15-12/h2-3,8-9,15H,4-7H2,1H3,(H,16,18). The number of rotatable bonds is 1. The van der Waals surface area contributed by atoms with E-state index in [9.17, 15) is 9.59 Å². The summed E-state index contributed by atoms with van der Waals surface area (Å²) in [4.78, 5) is 25.7. The second-order valence-corrected chi connectivity index (χ2v) is 5.01. The fourth-order valence-corrected chi connectivity index (χ4v) is 2.66. The van der Waals surface area contributed by atoms with Crippen LogP contribution in [0.1, 0.15) is 22.8 Å². The van der Waals surface area contributed by atoms with Gasteiger partial charge in [-0.05, 0) is 37.1 Å². The Bertz CT molecular complexity index is 541. The normalized spacial score (nSPS) is 21.6.